The van der Waals surface area contributed by atoms with Gasteiger partial charge in [0.25, 0.3) is 0 Å². The molecule has 1 aromatic rings. The Morgan fingerprint density at radius 3 is 2.45 bits per heavy atom. The number of carbonyl (C=O) groups is 1. The van der Waals surface area contributed by atoms with Crippen molar-refractivity contribution in [3.05, 3.63) is 23.8 Å². The highest BCUT2D eigenvalue weighted by Crippen LogP contribution is 2.30. The molecule has 0 aromatic heterocycles. The Balaban J connectivity index is 2.85. The van der Waals surface area contributed by atoms with E-state index >= 15 is 0 Å². The summed E-state index contributed by atoms with van der Waals surface area (Å²) in [5.41, 5.74) is 0.963. The number of carboxylic acid groups (broad SMARTS) is 1. The van der Waals surface area contributed by atoms with Gasteiger partial charge in [-0.2, -0.15) is 0 Å². The first-order chi connectivity index (χ1) is 9.53. The van der Waals surface area contributed by atoms with Crippen molar-refractivity contribution in [3.8, 4) is 11.5 Å². The highest BCUT2D eigenvalue weighted by molar-refractivity contribution is 5.73. The molecule has 2 atom stereocenters. The molecule has 0 bridgehead atoms. The number of nitrogens with one attached hydrogen (secondary N) is 1. The van der Waals surface area contributed by atoms with Gasteiger partial charge < -0.3 is 14.6 Å². The van der Waals surface area contributed by atoms with E-state index in [-0.39, 0.29) is 6.04 Å². The number of hydrogen-bond acceptors (Lipinski definition) is 4. The highest BCUT2D eigenvalue weighted by atomic mass is 16.5. The molecule has 0 saturated heterocycles. The van der Waals surface area contributed by atoms with E-state index in [9.17, 15) is 9.90 Å². The van der Waals surface area contributed by atoms with Crippen molar-refractivity contribution in [1.29, 1.82) is 0 Å². The van der Waals surface area contributed by atoms with E-state index in [0.29, 0.717) is 17.9 Å². The number of methoxy groups -OCH3 is 2. The molecule has 0 spiro atoms. The van der Waals surface area contributed by atoms with Gasteiger partial charge in [0.15, 0.2) is 11.5 Å². The first-order valence-corrected chi connectivity index (χ1v) is 6.74. The summed E-state index contributed by atoms with van der Waals surface area (Å²) in [6.45, 7) is 3.91. The minimum atomic E-state index is -0.820. The topological polar surface area (TPSA) is 67.8 Å². The molecule has 0 amide bonds. The van der Waals surface area contributed by atoms with Crippen LogP contribution in [0.15, 0.2) is 18.2 Å². The zero-order valence-electron chi connectivity index (χ0n) is 12.5. The molecule has 1 rings (SSSR count). The van der Waals surface area contributed by atoms with Gasteiger partial charge in [0.05, 0.1) is 14.2 Å². The van der Waals surface area contributed by atoms with Crippen LogP contribution in [0.5, 0.6) is 11.5 Å². The summed E-state index contributed by atoms with van der Waals surface area (Å²) in [5, 5.41) is 12.3. The number of aliphatic carboxylic acids is 1. The largest absolute Gasteiger partial charge is 0.493 e. The lowest BCUT2D eigenvalue weighted by Gasteiger charge is -2.21. The van der Waals surface area contributed by atoms with Crippen LogP contribution in [0, 0.1) is 0 Å². The van der Waals surface area contributed by atoms with E-state index in [1.807, 2.05) is 32.0 Å². The maximum atomic E-state index is 11.2. The first kappa shape index (κ1) is 16.3. The second-order valence-electron chi connectivity index (χ2n) is 4.68. The Morgan fingerprint density at radius 1 is 1.30 bits per heavy atom. The first-order valence-electron chi connectivity index (χ1n) is 6.74. The van der Waals surface area contributed by atoms with Crippen molar-refractivity contribution in [3.63, 3.8) is 0 Å². The van der Waals surface area contributed by atoms with Gasteiger partial charge in [-0.25, -0.2) is 0 Å². The lowest BCUT2D eigenvalue weighted by molar-refractivity contribution is -0.139. The molecule has 0 heterocycles. The molecule has 0 aliphatic rings. The Morgan fingerprint density at radius 2 is 1.95 bits per heavy atom. The molecule has 112 valence electrons. The van der Waals surface area contributed by atoms with Crippen molar-refractivity contribution in [1.82, 2.24) is 5.32 Å². The minimum absolute atomic E-state index is 0.0811. The fourth-order valence-corrected chi connectivity index (χ4v) is 2.09. The zero-order chi connectivity index (χ0) is 15.1. The predicted octanol–water partition coefficient (Wildman–Crippen LogP) is 2.61. The molecular formula is C15H23NO4. The summed E-state index contributed by atoms with van der Waals surface area (Å²) < 4.78 is 10.4. The molecule has 0 saturated carbocycles. The highest BCUT2D eigenvalue weighted by Gasteiger charge is 2.19. The van der Waals surface area contributed by atoms with Crippen molar-refractivity contribution in [2.45, 2.75) is 38.8 Å². The summed E-state index contributed by atoms with van der Waals surface area (Å²) in [6.07, 6.45) is 1.43. The summed E-state index contributed by atoms with van der Waals surface area (Å²) in [5.74, 6) is 0.479. The van der Waals surface area contributed by atoms with Crippen LogP contribution in [0.25, 0.3) is 0 Å². The van der Waals surface area contributed by atoms with Gasteiger partial charge in [0.2, 0.25) is 0 Å². The second kappa shape index (κ2) is 7.75. The molecule has 0 radical (unpaired) electrons. The Bertz CT molecular complexity index is 447. The number of benzene rings is 1. The normalized spacial score (nSPS) is 13.6. The third-order valence-electron chi connectivity index (χ3n) is 3.23. The summed E-state index contributed by atoms with van der Waals surface area (Å²) in [4.78, 5) is 11.2. The number of hydrogen-bond donors (Lipinski definition) is 2. The molecule has 0 aliphatic heterocycles. The maximum Gasteiger partial charge on any atom is 0.320 e. The predicted molar refractivity (Wildman–Crippen MR) is 77.4 cm³/mol. The molecule has 1 aromatic carbocycles. The molecule has 5 heteroatoms. The maximum absolute atomic E-state index is 11.2. The molecular weight excluding hydrogens is 258 g/mol. The van der Waals surface area contributed by atoms with Crippen LogP contribution in [0.2, 0.25) is 0 Å². The average Bonchev–Trinajstić information content (AvgIpc) is 2.45. The third kappa shape index (κ3) is 4.13. The van der Waals surface area contributed by atoms with Crippen molar-refractivity contribution in [2.75, 3.05) is 14.2 Å². The van der Waals surface area contributed by atoms with Crippen LogP contribution < -0.4 is 14.8 Å². The van der Waals surface area contributed by atoms with E-state index in [4.69, 9.17) is 9.47 Å². The van der Waals surface area contributed by atoms with E-state index < -0.39 is 12.0 Å². The van der Waals surface area contributed by atoms with Gasteiger partial charge in [-0.15, -0.1) is 0 Å². The van der Waals surface area contributed by atoms with Crippen LogP contribution >= 0.6 is 0 Å². The van der Waals surface area contributed by atoms with Crippen LogP contribution in [0.1, 0.15) is 38.3 Å². The van der Waals surface area contributed by atoms with Crippen molar-refractivity contribution >= 4 is 5.97 Å². The second-order valence-corrected chi connectivity index (χ2v) is 4.68. The molecule has 2 N–H and O–H groups in total. The van der Waals surface area contributed by atoms with Crippen molar-refractivity contribution < 1.29 is 19.4 Å². The van der Waals surface area contributed by atoms with Gasteiger partial charge >= 0.3 is 5.97 Å². The van der Waals surface area contributed by atoms with Gasteiger partial charge in [-0.1, -0.05) is 19.4 Å². The lowest BCUT2D eigenvalue weighted by atomic mass is 10.0. The minimum Gasteiger partial charge on any atom is -0.493 e. The molecule has 0 aliphatic carbocycles. The fraction of sp³-hybridized carbons (Fsp3) is 0.533. The average molecular weight is 281 g/mol. The summed E-state index contributed by atoms with van der Waals surface area (Å²) in [7, 11) is 3.16. The Kier molecular flexibility index (Phi) is 6.31. The standard InChI is InChI=1S/C15H23NO4/c1-5-6-12(15(17)18)16-10(2)11-7-8-13(19-3)14(9-11)20-4/h7-10,12,16H,5-6H2,1-4H3,(H,17,18). The van der Waals surface area contributed by atoms with Crippen LogP contribution in [0.4, 0.5) is 0 Å². The number of rotatable bonds is 8. The smallest absolute Gasteiger partial charge is 0.320 e. The van der Waals surface area contributed by atoms with E-state index in [0.717, 1.165) is 12.0 Å². The van der Waals surface area contributed by atoms with E-state index in [2.05, 4.69) is 5.32 Å². The van der Waals surface area contributed by atoms with E-state index in [1.54, 1.807) is 14.2 Å². The fourth-order valence-electron chi connectivity index (χ4n) is 2.09. The SMILES string of the molecule is CCCC(NC(C)c1ccc(OC)c(OC)c1)C(=O)O. The van der Waals surface area contributed by atoms with Crippen LogP contribution in [-0.4, -0.2) is 31.3 Å². The van der Waals surface area contributed by atoms with Gasteiger partial charge in [-0.3, -0.25) is 10.1 Å². The van der Waals surface area contributed by atoms with Crippen LogP contribution in [-0.2, 0) is 4.79 Å². The third-order valence-corrected chi connectivity index (χ3v) is 3.23. The molecule has 5 nitrogen and oxygen atoms in total. The van der Waals surface area contributed by atoms with Gasteiger partial charge in [0, 0.05) is 6.04 Å². The summed E-state index contributed by atoms with van der Waals surface area (Å²) in [6, 6.07) is 4.97. The zero-order valence-corrected chi connectivity index (χ0v) is 12.5. The Labute approximate surface area is 119 Å². The van der Waals surface area contributed by atoms with Crippen LogP contribution in [0.3, 0.4) is 0 Å². The van der Waals surface area contributed by atoms with Crippen molar-refractivity contribution in [2.24, 2.45) is 0 Å². The number of ether oxygens (including phenoxy) is 2. The molecule has 2 unspecified atom stereocenters. The number of carboxylic acids is 1. The lowest BCUT2D eigenvalue weighted by Crippen LogP contribution is -2.38. The summed E-state index contributed by atoms with van der Waals surface area (Å²) >= 11 is 0. The monoisotopic (exact) mass is 281 g/mol. The quantitative estimate of drug-likeness (QED) is 0.766. The van der Waals surface area contributed by atoms with Gasteiger partial charge in [0.1, 0.15) is 6.04 Å². The molecule has 0 fully saturated rings. The van der Waals surface area contributed by atoms with Gasteiger partial charge in [-0.05, 0) is 31.0 Å². The van der Waals surface area contributed by atoms with E-state index in [1.165, 1.54) is 0 Å². The molecule has 20 heavy (non-hydrogen) atoms. The Hall–Kier alpha value is -1.75.